The minimum atomic E-state index is -0.531. The lowest BCUT2D eigenvalue weighted by Crippen LogP contribution is -2.06. The van der Waals surface area contributed by atoms with E-state index in [0.29, 0.717) is 19.4 Å². The number of fused-ring (bicyclic) bond motifs is 1. The number of nitrogens with two attached hydrogens (primary N) is 1. The lowest BCUT2D eigenvalue weighted by Gasteiger charge is -2.10. The Morgan fingerprint density at radius 2 is 2.33 bits per heavy atom. The minimum Gasteiger partial charge on any atom is -0.388 e. The first-order chi connectivity index (χ1) is 7.20. The van der Waals surface area contributed by atoms with Gasteiger partial charge >= 0.3 is 0 Å². The van der Waals surface area contributed by atoms with Crippen LogP contribution >= 0.6 is 0 Å². The van der Waals surface area contributed by atoms with Crippen molar-refractivity contribution < 1.29 is 9.90 Å². The lowest BCUT2D eigenvalue weighted by atomic mass is 10.0. The summed E-state index contributed by atoms with van der Waals surface area (Å²) in [6, 6.07) is 5.52. The van der Waals surface area contributed by atoms with Gasteiger partial charge in [-0.25, -0.2) is 0 Å². The standard InChI is InChI=1S/C11H14N2O2/c12-4-3-10(14)7-1-2-9-8(5-7)6-11(15)13-9/h1-2,5,10,14H,3-4,6,12H2,(H,13,15). The van der Waals surface area contributed by atoms with Gasteiger partial charge in [-0.2, -0.15) is 0 Å². The second kappa shape index (κ2) is 4.00. The molecule has 15 heavy (non-hydrogen) atoms. The van der Waals surface area contributed by atoms with Crippen molar-refractivity contribution in [1.82, 2.24) is 0 Å². The Morgan fingerprint density at radius 3 is 3.07 bits per heavy atom. The van der Waals surface area contributed by atoms with Crippen molar-refractivity contribution in [1.29, 1.82) is 0 Å². The Labute approximate surface area is 88.1 Å². The number of carbonyl (C=O) groups is 1. The van der Waals surface area contributed by atoms with E-state index in [1.165, 1.54) is 0 Å². The predicted molar refractivity (Wildman–Crippen MR) is 57.4 cm³/mol. The van der Waals surface area contributed by atoms with Gasteiger partial charge in [-0.3, -0.25) is 4.79 Å². The highest BCUT2D eigenvalue weighted by molar-refractivity contribution is 5.99. The summed E-state index contributed by atoms with van der Waals surface area (Å²) >= 11 is 0. The topological polar surface area (TPSA) is 75.3 Å². The summed E-state index contributed by atoms with van der Waals surface area (Å²) in [6.07, 6.45) is 0.412. The lowest BCUT2D eigenvalue weighted by molar-refractivity contribution is -0.115. The van der Waals surface area contributed by atoms with Crippen LogP contribution in [0, 0.1) is 0 Å². The highest BCUT2D eigenvalue weighted by atomic mass is 16.3. The number of rotatable bonds is 3. The number of nitrogens with one attached hydrogen (secondary N) is 1. The summed E-state index contributed by atoms with van der Waals surface area (Å²) in [4.78, 5) is 11.1. The van der Waals surface area contributed by atoms with Crippen LogP contribution in [0.5, 0.6) is 0 Å². The smallest absolute Gasteiger partial charge is 0.228 e. The van der Waals surface area contributed by atoms with Gasteiger partial charge in [-0.1, -0.05) is 12.1 Å². The van der Waals surface area contributed by atoms with E-state index in [9.17, 15) is 9.90 Å². The van der Waals surface area contributed by atoms with E-state index in [1.54, 1.807) is 0 Å². The molecular formula is C11H14N2O2. The second-order valence-corrected chi connectivity index (χ2v) is 3.73. The summed E-state index contributed by atoms with van der Waals surface area (Å²) < 4.78 is 0. The first-order valence-corrected chi connectivity index (χ1v) is 5.01. The zero-order chi connectivity index (χ0) is 10.8. The third-order valence-corrected chi connectivity index (χ3v) is 2.58. The number of hydrogen-bond donors (Lipinski definition) is 3. The van der Waals surface area contributed by atoms with Crippen molar-refractivity contribution in [3.8, 4) is 0 Å². The molecule has 0 aromatic heterocycles. The van der Waals surface area contributed by atoms with Gasteiger partial charge in [0.25, 0.3) is 0 Å². The molecule has 4 heteroatoms. The van der Waals surface area contributed by atoms with Crippen LogP contribution < -0.4 is 11.1 Å². The van der Waals surface area contributed by atoms with E-state index in [4.69, 9.17) is 5.73 Å². The molecule has 0 bridgehead atoms. The number of aliphatic hydroxyl groups excluding tert-OH is 1. The number of carbonyl (C=O) groups excluding carboxylic acids is 1. The highest BCUT2D eigenvalue weighted by Crippen LogP contribution is 2.27. The Kier molecular flexibility index (Phi) is 2.70. The fraction of sp³-hybridized carbons (Fsp3) is 0.364. The largest absolute Gasteiger partial charge is 0.388 e. The zero-order valence-electron chi connectivity index (χ0n) is 8.36. The molecule has 1 aromatic rings. The Bertz CT molecular complexity index is 390. The molecule has 1 unspecified atom stereocenters. The van der Waals surface area contributed by atoms with E-state index >= 15 is 0 Å². The Morgan fingerprint density at radius 1 is 1.53 bits per heavy atom. The van der Waals surface area contributed by atoms with E-state index < -0.39 is 6.10 Å². The van der Waals surface area contributed by atoms with E-state index in [-0.39, 0.29) is 5.91 Å². The maximum absolute atomic E-state index is 11.1. The maximum atomic E-state index is 11.1. The molecule has 1 aliphatic heterocycles. The Balaban J connectivity index is 2.23. The Hall–Kier alpha value is -1.39. The van der Waals surface area contributed by atoms with Crippen LogP contribution in [0.3, 0.4) is 0 Å². The van der Waals surface area contributed by atoms with Crippen molar-refractivity contribution >= 4 is 11.6 Å². The molecule has 0 saturated carbocycles. The average molecular weight is 206 g/mol. The first kappa shape index (κ1) is 10.1. The molecule has 0 saturated heterocycles. The first-order valence-electron chi connectivity index (χ1n) is 5.01. The zero-order valence-corrected chi connectivity index (χ0v) is 8.36. The monoisotopic (exact) mass is 206 g/mol. The molecule has 1 aromatic carbocycles. The SMILES string of the molecule is NCCC(O)c1ccc2c(c1)CC(=O)N2. The predicted octanol–water partition coefficient (Wildman–Crippen LogP) is 0.563. The normalized spacial score (nSPS) is 16.0. The molecule has 1 amide bonds. The average Bonchev–Trinajstić information content (AvgIpc) is 2.57. The quantitative estimate of drug-likeness (QED) is 0.676. The number of benzene rings is 1. The molecule has 4 N–H and O–H groups in total. The molecular weight excluding hydrogens is 192 g/mol. The van der Waals surface area contributed by atoms with Crippen LogP contribution in [-0.4, -0.2) is 17.6 Å². The van der Waals surface area contributed by atoms with Gasteiger partial charge in [0.15, 0.2) is 0 Å². The van der Waals surface area contributed by atoms with Crippen molar-refractivity contribution in [2.45, 2.75) is 18.9 Å². The van der Waals surface area contributed by atoms with Gasteiger partial charge in [0.05, 0.1) is 12.5 Å². The molecule has 80 valence electrons. The van der Waals surface area contributed by atoms with E-state index in [0.717, 1.165) is 16.8 Å². The van der Waals surface area contributed by atoms with Crippen LogP contribution in [0.1, 0.15) is 23.7 Å². The molecule has 0 aliphatic carbocycles. The number of aliphatic hydroxyl groups is 1. The third-order valence-electron chi connectivity index (χ3n) is 2.58. The summed E-state index contributed by atoms with van der Waals surface area (Å²) in [5.41, 5.74) is 8.01. The van der Waals surface area contributed by atoms with Gasteiger partial charge in [-0.05, 0) is 30.2 Å². The van der Waals surface area contributed by atoms with Crippen LogP contribution in [-0.2, 0) is 11.2 Å². The van der Waals surface area contributed by atoms with E-state index in [1.807, 2.05) is 18.2 Å². The van der Waals surface area contributed by atoms with Gasteiger partial charge < -0.3 is 16.2 Å². The maximum Gasteiger partial charge on any atom is 0.228 e. The summed E-state index contributed by atoms with van der Waals surface area (Å²) in [5.74, 6) is 0.00969. The van der Waals surface area contributed by atoms with Gasteiger partial charge in [0.1, 0.15) is 0 Å². The summed E-state index contributed by atoms with van der Waals surface area (Å²) in [5, 5.41) is 12.5. The third kappa shape index (κ3) is 2.00. The van der Waals surface area contributed by atoms with Gasteiger partial charge in [0, 0.05) is 5.69 Å². The van der Waals surface area contributed by atoms with E-state index in [2.05, 4.69) is 5.32 Å². The molecule has 4 nitrogen and oxygen atoms in total. The number of hydrogen-bond acceptors (Lipinski definition) is 3. The van der Waals surface area contributed by atoms with Crippen molar-refractivity contribution in [3.05, 3.63) is 29.3 Å². The van der Waals surface area contributed by atoms with Gasteiger partial charge in [0.2, 0.25) is 5.91 Å². The van der Waals surface area contributed by atoms with Crippen LogP contribution in [0.4, 0.5) is 5.69 Å². The van der Waals surface area contributed by atoms with Crippen LogP contribution in [0.25, 0.3) is 0 Å². The number of anilines is 1. The van der Waals surface area contributed by atoms with Crippen LogP contribution in [0.15, 0.2) is 18.2 Å². The minimum absolute atomic E-state index is 0.00969. The molecule has 1 atom stereocenters. The van der Waals surface area contributed by atoms with Crippen molar-refractivity contribution in [3.63, 3.8) is 0 Å². The highest BCUT2D eigenvalue weighted by Gasteiger charge is 2.18. The second-order valence-electron chi connectivity index (χ2n) is 3.73. The van der Waals surface area contributed by atoms with Gasteiger partial charge in [-0.15, -0.1) is 0 Å². The summed E-state index contributed by atoms with van der Waals surface area (Å²) in [7, 11) is 0. The fourth-order valence-corrected chi connectivity index (χ4v) is 1.78. The molecule has 2 rings (SSSR count). The summed E-state index contributed by atoms with van der Waals surface area (Å²) in [6.45, 7) is 0.454. The molecule has 0 fully saturated rings. The molecule has 0 radical (unpaired) electrons. The molecule has 1 aliphatic rings. The fourth-order valence-electron chi connectivity index (χ4n) is 1.78. The number of amides is 1. The molecule has 1 heterocycles. The van der Waals surface area contributed by atoms with Crippen molar-refractivity contribution in [2.24, 2.45) is 5.73 Å². The molecule has 0 spiro atoms. The van der Waals surface area contributed by atoms with Crippen LogP contribution in [0.2, 0.25) is 0 Å². The van der Waals surface area contributed by atoms with Crippen molar-refractivity contribution in [2.75, 3.05) is 11.9 Å².